The predicted octanol–water partition coefficient (Wildman–Crippen LogP) is 3.94. The SMILES string of the molecule is COc1cc(-c2nc3sc(C)c(C)c3c(=O)[nH]2)cc(Br)c1OCC#N. The van der Waals surface area contributed by atoms with Gasteiger partial charge in [0.05, 0.1) is 17.0 Å². The summed E-state index contributed by atoms with van der Waals surface area (Å²) in [5.74, 6) is 1.32. The van der Waals surface area contributed by atoms with Crippen molar-refractivity contribution in [2.75, 3.05) is 13.7 Å². The zero-order chi connectivity index (χ0) is 18.1. The number of aromatic nitrogens is 2. The van der Waals surface area contributed by atoms with E-state index in [1.54, 1.807) is 12.1 Å². The lowest BCUT2D eigenvalue weighted by Crippen LogP contribution is -2.09. The molecule has 0 saturated heterocycles. The number of rotatable bonds is 4. The van der Waals surface area contributed by atoms with Crippen LogP contribution in [0.3, 0.4) is 0 Å². The normalized spacial score (nSPS) is 10.7. The van der Waals surface area contributed by atoms with E-state index in [0.29, 0.717) is 37.6 Å². The molecule has 0 bridgehead atoms. The maximum atomic E-state index is 12.5. The van der Waals surface area contributed by atoms with E-state index in [9.17, 15) is 4.79 Å². The third-order valence-electron chi connectivity index (χ3n) is 3.82. The van der Waals surface area contributed by atoms with Crippen molar-refractivity contribution in [2.45, 2.75) is 13.8 Å². The molecule has 0 fully saturated rings. The lowest BCUT2D eigenvalue weighted by Gasteiger charge is -2.12. The molecular weight excluding hydrogens is 406 g/mol. The van der Waals surface area contributed by atoms with E-state index in [4.69, 9.17) is 14.7 Å². The third kappa shape index (κ3) is 3.13. The molecule has 1 aromatic carbocycles. The summed E-state index contributed by atoms with van der Waals surface area (Å²) in [5, 5.41) is 9.32. The van der Waals surface area contributed by atoms with Crippen molar-refractivity contribution in [1.82, 2.24) is 9.97 Å². The lowest BCUT2D eigenvalue weighted by atomic mass is 10.1. The lowest BCUT2D eigenvalue weighted by molar-refractivity contribution is 0.328. The fourth-order valence-electron chi connectivity index (χ4n) is 2.49. The fraction of sp³-hybridized carbons (Fsp3) is 0.235. The Labute approximate surface area is 156 Å². The number of nitrogens with zero attached hydrogens (tertiary/aromatic N) is 2. The van der Waals surface area contributed by atoms with Crippen molar-refractivity contribution >= 4 is 37.5 Å². The number of thiophene rings is 1. The number of nitriles is 1. The highest BCUT2D eigenvalue weighted by Crippen LogP contribution is 2.39. The van der Waals surface area contributed by atoms with Gasteiger partial charge in [-0.1, -0.05) is 0 Å². The number of fused-ring (bicyclic) bond motifs is 1. The van der Waals surface area contributed by atoms with E-state index in [0.717, 1.165) is 10.4 Å². The first-order valence-electron chi connectivity index (χ1n) is 7.34. The van der Waals surface area contributed by atoms with Crippen LogP contribution < -0.4 is 15.0 Å². The van der Waals surface area contributed by atoms with Gasteiger partial charge in [-0.3, -0.25) is 4.79 Å². The van der Waals surface area contributed by atoms with Crippen LogP contribution in [0, 0.1) is 25.2 Å². The molecule has 0 radical (unpaired) electrons. The zero-order valence-electron chi connectivity index (χ0n) is 13.8. The fourth-order valence-corrected chi connectivity index (χ4v) is 4.08. The standard InChI is InChI=1S/C17H14BrN3O3S/c1-8-9(2)25-17-13(8)16(22)20-15(21-17)10-6-11(18)14(24-5-4-19)12(7-10)23-3/h6-7H,5H2,1-3H3,(H,20,21,22). The largest absolute Gasteiger partial charge is 0.493 e. The van der Waals surface area contributed by atoms with E-state index < -0.39 is 0 Å². The van der Waals surface area contributed by atoms with Crippen molar-refractivity contribution in [1.29, 1.82) is 5.26 Å². The zero-order valence-corrected chi connectivity index (χ0v) is 16.2. The minimum atomic E-state index is -0.165. The summed E-state index contributed by atoms with van der Waals surface area (Å²) in [6, 6.07) is 5.41. The Morgan fingerprint density at radius 2 is 2.16 bits per heavy atom. The maximum Gasteiger partial charge on any atom is 0.260 e. The second-order valence-corrected chi connectivity index (χ2v) is 7.37. The van der Waals surface area contributed by atoms with Gasteiger partial charge in [0.2, 0.25) is 0 Å². The number of halogens is 1. The summed E-state index contributed by atoms with van der Waals surface area (Å²) in [6.45, 7) is 3.80. The molecule has 2 aromatic heterocycles. The summed E-state index contributed by atoms with van der Waals surface area (Å²) in [5.41, 5.74) is 1.47. The van der Waals surface area contributed by atoms with Gasteiger partial charge in [-0.25, -0.2) is 4.98 Å². The van der Waals surface area contributed by atoms with Crippen LogP contribution in [-0.4, -0.2) is 23.7 Å². The molecule has 0 aliphatic rings. The Hall–Kier alpha value is -2.37. The summed E-state index contributed by atoms with van der Waals surface area (Å²) in [6.07, 6.45) is 0. The molecule has 0 aliphatic carbocycles. The van der Waals surface area contributed by atoms with E-state index in [-0.39, 0.29) is 12.2 Å². The predicted molar refractivity (Wildman–Crippen MR) is 101 cm³/mol. The van der Waals surface area contributed by atoms with Gasteiger partial charge < -0.3 is 14.5 Å². The Kier molecular flexibility index (Phi) is 4.79. The molecule has 0 aliphatic heterocycles. The van der Waals surface area contributed by atoms with Crippen molar-refractivity contribution in [3.05, 3.63) is 37.4 Å². The average Bonchev–Trinajstić information content (AvgIpc) is 2.87. The number of H-pyrrole nitrogens is 1. The second kappa shape index (κ2) is 6.86. The number of aryl methyl sites for hydroxylation is 2. The van der Waals surface area contributed by atoms with Gasteiger partial charge in [-0.2, -0.15) is 5.26 Å². The van der Waals surface area contributed by atoms with E-state index in [1.807, 2.05) is 19.9 Å². The van der Waals surface area contributed by atoms with Gasteiger partial charge in [0, 0.05) is 10.4 Å². The summed E-state index contributed by atoms with van der Waals surface area (Å²) in [4.78, 5) is 21.7. The smallest absolute Gasteiger partial charge is 0.260 e. The third-order valence-corrected chi connectivity index (χ3v) is 5.51. The van der Waals surface area contributed by atoms with Gasteiger partial charge >= 0.3 is 0 Å². The van der Waals surface area contributed by atoms with Gasteiger partial charge in [0.15, 0.2) is 18.1 Å². The second-order valence-electron chi connectivity index (χ2n) is 5.31. The van der Waals surface area contributed by atoms with Crippen LogP contribution in [0.5, 0.6) is 11.5 Å². The molecule has 6 nitrogen and oxygen atoms in total. The molecule has 25 heavy (non-hydrogen) atoms. The van der Waals surface area contributed by atoms with Gasteiger partial charge in [0.1, 0.15) is 16.7 Å². The Balaban J connectivity index is 2.17. The average molecular weight is 420 g/mol. The van der Waals surface area contributed by atoms with Crippen LogP contribution >= 0.6 is 27.3 Å². The van der Waals surface area contributed by atoms with Crippen LogP contribution in [0.2, 0.25) is 0 Å². The van der Waals surface area contributed by atoms with Gasteiger partial charge in [0.25, 0.3) is 5.56 Å². The Morgan fingerprint density at radius 1 is 1.40 bits per heavy atom. The van der Waals surface area contributed by atoms with Gasteiger partial charge in [-0.05, 0) is 47.5 Å². The molecule has 3 rings (SSSR count). The Morgan fingerprint density at radius 3 is 2.84 bits per heavy atom. The molecule has 0 atom stereocenters. The first-order valence-corrected chi connectivity index (χ1v) is 8.95. The minimum absolute atomic E-state index is 0.0941. The summed E-state index contributed by atoms with van der Waals surface area (Å²) >= 11 is 4.91. The van der Waals surface area contributed by atoms with E-state index in [2.05, 4.69) is 25.9 Å². The molecule has 128 valence electrons. The van der Waals surface area contributed by atoms with Crippen LogP contribution in [0.15, 0.2) is 21.4 Å². The van der Waals surface area contributed by atoms with Crippen LogP contribution in [-0.2, 0) is 0 Å². The number of aromatic amines is 1. The molecule has 0 amide bonds. The molecule has 1 N–H and O–H groups in total. The van der Waals surface area contributed by atoms with Crippen LogP contribution in [0.4, 0.5) is 0 Å². The number of benzene rings is 1. The van der Waals surface area contributed by atoms with E-state index >= 15 is 0 Å². The van der Waals surface area contributed by atoms with E-state index in [1.165, 1.54) is 18.4 Å². The van der Waals surface area contributed by atoms with Crippen LogP contribution in [0.25, 0.3) is 21.6 Å². The highest BCUT2D eigenvalue weighted by Gasteiger charge is 2.16. The van der Waals surface area contributed by atoms with Crippen molar-refractivity contribution in [3.8, 4) is 29.0 Å². The molecule has 0 spiro atoms. The van der Waals surface area contributed by atoms with Crippen molar-refractivity contribution in [2.24, 2.45) is 0 Å². The first-order chi connectivity index (χ1) is 12.0. The van der Waals surface area contributed by atoms with Gasteiger partial charge in [-0.15, -0.1) is 11.3 Å². The number of nitrogens with one attached hydrogen (secondary N) is 1. The molecule has 0 unspecified atom stereocenters. The van der Waals surface area contributed by atoms with Crippen molar-refractivity contribution < 1.29 is 9.47 Å². The van der Waals surface area contributed by atoms with Crippen molar-refractivity contribution in [3.63, 3.8) is 0 Å². The number of hydrogen-bond acceptors (Lipinski definition) is 6. The number of methoxy groups -OCH3 is 1. The topological polar surface area (TPSA) is 88.0 Å². The quantitative estimate of drug-likeness (QED) is 0.691. The van der Waals surface area contributed by atoms with Crippen LogP contribution in [0.1, 0.15) is 10.4 Å². The highest BCUT2D eigenvalue weighted by molar-refractivity contribution is 9.10. The first kappa shape index (κ1) is 17.5. The molecular formula is C17H14BrN3O3S. The Bertz CT molecular complexity index is 1070. The molecule has 8 heteroatoms. The number of ether oxygens (including phenoxy) is 2. The number of hydrogen-bond donors (Lipinski definition) is 1. The minimum Gasteiger partial charge on any atom is -0.493 e. The molecule has 2 heterocycles. The molecule has 3 aromatic rings. The highest BCUT2D eigenvalue weighted by atomic mass is 79.9. The summed E-state index contributed by atoms with van der Waals surface area (Å²) < 4.78 is 11.3. The maximum absolute atomic E-state index is 12.5. The monoisotopic (exact) mass is 419 g/mol. The molecule has 0 saturated carbocycles. The summed E-state index contributed by atoms with van der Waals surface area (Å²) in [7, 11) is 1.51.